The van der Waals surface area contributed by atoms with Gasteiger partial charge in [0, 0.05) is 30.3 Å². The number of hydrogen-bond acceptors (Lipinski definition) is 4. The summed E-state index contributed by atoms with van der Waals surface area (Å²) >= 11 is 1.51. The molecule has 0 bridgehead atoms. The van der Waals surface area contributed by atoms with Crippen LogP contribution in [0.4, 0.5) is 0 Å². The highest BCUT2D eigenvalue weighted by atomic mass is 32.1. The molecular weight excluding hydrogens is 184 g/mol. The summed E-state index contributed by atoms with van der Waals surface area (Å²) in [5.41, 5.74) is 6.13. The molecule has 1 atom stereocenters. The summed E-state index contributed by atoms with van der Waals surface area (Å²) in [5.74, 6) is 0.578. The molecule has 2 heterocycles. The average Bonchev–Trinajstić information content (AvgIpc) is 2.71. The zero-order chi connectivity index (χ0) is 9.10. The van der Waals surface area contributed by atoms with Gasteiger partial charge >= 0.3 is 0 Å². The molecule has 1 fully saturated rings. The molecule has 1 aromatic rings. The molecule has 1 aromatic heterocycles. The van der Waals surface area contributed by atoms with E-state index in [-0.39, 0.29) is 6.04 Å². The Kier molecular flexibility index (Phi) is 2.93. The van der Waals surface area contributed by atoms with E-state index in [1.165, 1.54) is 16.4 Å². The van der Waals surface area contributed by atoms with Gasteiger partial charge in [0.25, 0.3) is 0 Å². The lowest BCUT2D eigenvalue weighted by atomic mass is 9.91. The van der Waals surface area contributed by atoms with E-state index in [1.807, 2.05) is 12.3 Å². The number of ether oxygens (including phenoxy) is 1. The SMILES string of the molecule is NC(c1ccns1)C1CCOCC1. The predicted molar refractivity (Wildman–Crippen MR) is 52.6 cm³/mol. The first-order chi connectivity index (χ1) is 6.38. The largest absolute Gasteiger partial charge is 0.381 e. The van der Waals surface area contributed by atoms with Gasteiger partial charge in [-0.25, -0.2) is 4.37 Å². The van der Waals surface area contributed by atoms with E-state index < -0.39 is 0 Å². The third-order valence-electron chi connectivity index (χ3n) is 2.56. The molecule has 1 aliphatic heterocycles. The van der Waals surface area contributed by atoms with E-state index >= 15 is 0 Å². The van der Waals surface area contributed by atoms with Crippen LogP contribution < -0.4 is 5.73 Å². The molecule has 72 valence electrons. The standard InChI is InChI=1S/C9H14N2OS/c10-9(8-1-4-11-13-8)7-2-5-12-6-3-7/h1,4,7,9H,2-3,5-6,10H2. The number of aromatic nitrogens is 1. The molecule has 0 aromatic carbocycles. The van der Waals surface area contributed by atoms with Gasteiger partial charge in [-0.15, -0.1) is 0 Å². The second-order valence-electron chi connectivity index (χ2n) is 3.39. The molecule has 3 nitrogen and oxygen atoms in total. The van der Waals surface area contributed by atoms with Crippen molar-refractivity contribution in [1.29, 1.82) is 0 Å². The molecule has 0 amide bonds. The van der Waals surface area contributed by atoms with Crippen LogP contribution in [0.5, 0.6) is 0 Å². The van der Waals surface area contributed by atoms with E-state index in [9.17, 15) is 0 Å². The maximum absolute atomic E-state index is 6.13. The van der Waals surface area contributed by atoms with Crippen molar-refractivity contribution in [2.24, 2.45) is 11.7 Å². The van der Waals surface area contributed by atoms with Gasteiger partial charge in [0.15, 0.2) is 0 Å². The maximum Gasteiger partial charge on any atom is 0.0469 e. The van der Waals surface area contributed by atoms with Crippen LogP contribution in [0.1, 0.15) is 23.8 Å². The molecule has 1 aliphatic rings. The topological polar surface area (TPSA) is 48.1 Å². The fraction of sp³-hybridized carbons (Fsp3) is 0.667. The monoisotopic (exact) mass is 198 g/mol. The van der Waals surface area contributed by atoms with Crippen LogP contribution in [0.15, 0.2) is 12.3 Å². The van der Waals surface area contributed by atoms with Crippen molar-refractivity contribution in [1.82, 2.24) is 4.37 Å². The first-order valence-corrected chi connectivity index (χ1v) is 5.39. The van der Waals surface area contributed by atoms with Crippen LogP contribution in [0, 0.1) is 5.92 Å². The van der Waals surface area contributed by atoms with Gasteiger partial charge in [0.05, 0.1) is 0 Å². The smallest absolute Gasteiger partial charge is 0.0469 e. The van der Waals surface area contributed by atoms with Gasteiger partial charge in [-0.2, -0.15) is 0 Å². The highest BCUT2D eigenvalue weighted by molar-refractivity contribution is 7.05. The summed E-state index contributed by atoms with van der Waals surface area (Å²) in [6, 6.07) is 2.18. The van der Waals surface area contributed by atoms with Gasteiger partial charge in [-0.3, -0.25) is 0 Å². The van der Waals surface area contributed by atoms with E-state index in [0.717, 1.165) is 26.1 Å². The summed E-state index contributed by atoms with van der Waals surface area (Å²) < 4.78 is 9.37. The minimum atomic E-state index is 0.163. The summed E-state index contributed by atoms with van der Waals surface area (Å²) in [6.07, 6.45) is 3.98. The molecule has 0 spiro atoms. The number of hydrogen-bond donors (Lipinski definition) is 1. The summed E-state index contributed by atoms with van der Waals surface area (Å²) in [7, 11) is 0. The van der Waals surface area contributed by atoms with Gasteiger partial charge in [0.1, 0.15) is 0 Å². The molecule has 0 radical (unpaired) electrons. The van der Waals surface area contributed by atoms with Crippen LogP contribution in [0.25, 0.3) is 0 Å². The van der Waals surface area contributed by atoms with Crippen molar-refractivity contribution in [2.75, 3.05) is 13.2 Å². The number of nitrogens with zero attached hydrogens (tertiary/aromatic N) is 1. The molecule has 4 heteroatoms. The Bertz CT molecular complexity index is 244. The Balaban J connectivity index is 1.99. The number of rotatable bonds is 2. The summed E-state index contributed by atoms with van der Waals surface area (Å²) in [5, 5.41) is 0. The van der Waals surface area contributed by atoms with E-state index in [1.54, 1.807) is 0 Å². The minimum Gasteiger partial charge on any atom is -0.381 e. The molecule has 2 N–H and O–H groups in total. The highest BCUT2D eigenvalue weighted by Crippen LogP contribution is 2.29. The zero-order valence-electron chi connectivity index (χ0n) is 7.48. The van der Waals surface area contributed by atoms with Gasteiger partial charge in [-0.1, -0.05) is 0 Å². The van der Waals surface area contributed by atoms with Gasteiger partial charge in [0.2, 0.25) is 0 Å². The van der Waals surface area contributed by atoms with Crippen LogP contribution in [-0.4, -0.2) is 17.6 Å². The van der Waals surface area contributed by atoms with Crippen LogP contribution >= 0.6 is 11.5 Å². The Morgan fingerprint density at radius 2 is 2.31 bits per heavy atom. The summed E-state index contributed by atoms with van der Waals surface area (Å²) in [6.45, 7) is 1.72. The van der Waals surface area contributed by atoms with Crippen LogP contribution in [0.3, 0.4) is 0 Å². The maximum atomic E-state index is 6.13. The number of nitrogens with two attached hydrogens (primary N) is 1. The average molecular weight is 198 g/mol. The molecule has 2 rings (SSSR count). The third kappa shape index (κ3) is 2.07. The van der Waals surface area contributed by atoms with Gasteiger partial charge in [-0.05, 0) is 36.4 Å². The van der Waals surface area contributed by atoms with Crippen molar-refractivity contribution in [2.45, 2.75) is 18.9 Å². The fourth-order valence-electron chi connectivity index (χ4n) is 1.70. The highest BCUT2D eigenvalue weighted by Gasteiger charge is 2.22. The lowest BCUT2D eigenvalue weighted by Gasteiger charge is -2.26. The zero-order valence-corrected chi connectivity index (χ0v) is 8.30. The van der Waals surface area contributed by atoms with E-state index in [4.69, 9.17) is 10.5 Å². The molecule has 0 saturated carbocycles. The van der Waals surface area contributed by atoms with Crippen LogP contribution in [-0.2, 0) is 4.74 Å². The summed E-state index contributed by atoms with van der Waals surface area (Å²) in [4.78, 5) is 1.20. The van der Waals surface area contributed by atoms with E-state index in [2.05, 4.69) is 4.37 Å². The Morgan fingerprint density at radius 3 is 2.92 bits per heavy atom. The molecule has 13 heavy (non-hydrogen) atoms. The third-order valence-corrected chi connectivity index (χ3v) is 3.41. The first kappa shape index (κ1) is 9.12. The van der Waals surface area contributed by atoms with Crippen molar-refractivity contribution in [3.05, 3.63) is 17.1 Å². The Morgan fingerprint density at radius 1 is 1.54 bits per heavy atom. The van der Waals surface area contributed by atoms with Crippen molar-refractivity contribution < 1.29 is 4.74 Å². The van der Waals surface area contributed by atoms with Crippen molar-refractivity contribution >= 4 is 11.5 Å². The van der Waals surface area contributed by atoms with Crippen molar-refractivity contribution in [3.63, 3.8) is 0 Å². The van der Waals surface area contributed by atoms with Gasteiger partial charge < -0.3 is 10.5 Å². The lowest BCUT2D eigenvalue weighted by Crippen LogP contribution is -2.26. The second-order valence-corrected chi connectivity index (χ2v) is 4.26. The fourth-order valence-corrected chi connectivity index (χ4v) is 2.38. The Hall–Kier alpha value is -0.450. The van der Waals surface area contributed by atoms with Crippen molar-refractivity contribution in [3.8, 4) is 0 Å². The van der Waals surface area contributed by atoms with E-state index in [0.29, 0.717) is 5.92 Å². The molecule has 1 unspecified atom stereocenters. The Labute approximate surface area is 82.1 Å². The quantitative estimate of drug-likeness (QED) is 0.784. The molecular formula is C9H14N2OS. The molecule has 1 saturated heterocycles. The lowest BCUT2D eigenvalue weighted by molar-refractivity contribution is 0.0587. The first-order valence-electron chi connectivity index (χ1n) is 4.62. The molecule has 0 aliphatic carbocycles. The van der Waals surface area contributed by atoms with Crippen LogP contribution in [0.2, 0.25) is 0 Å². The second kappa shape index (κ2) is 4.17. The minimum absolute atomic E-state index is 0.163. The predicted octanol–water partition coefficient (Wildman–Crippen LogP) is 1.57. The normalized spacial score (nSPS) is 21.6.